The van der Waals surface area contributed by atoms with E-state index in [-0.39, 0.29) is 0 Å². The minimum atomic E-state index is 0.639. The zero-order valence-electron chi connectivity index (χ0n) is 57.0. The van der Waals surface area contributed by atoms with Gasteiger partial charge in [0.05, 0.1) is 0 Å². The number of nitrogens with one attached hydrogen (secondary N) is 1. The lowest BCUT2D eigenvalue weighted by Crippen LogP contribution is -2.11. The molecule has 0 fully saturated rings. The van der Waals surface area contributed by atoms with Gasteiger partial charge in [-0.3, -0.25) is 3.97 Å². The maximum Gasteiger partial charge on any atom is 0.165 e. The van der Waals surface area contributed by atoms with Crippen molar-refractivity contribution >= 4 is 56.9 Å². The molecule has 3 aromatic heterocycles. The normalized spacial score (nSPS) is 12.1. The summed E-state index contributed by atoms with van der Waals surface area (Å²) in [6.07, 6.45) is 47.5. The van der Waals surface area contributed by atoms with E-state index < -0.39 is 0 Å². The standard InChI is InChI=1S/C80H114N8S/c1-9-17-25-33-45-57-58(46-34-26-18-10-2)62(50-38-30-22-14-6)70-69(61(57)49-37-29-21-13-5)75-82-73-65-53-41-42-54-66(65)74(81-73)86-79-67-55-43-44-56-68(67)80(88(79)89)87-78-72-64(52-40-32-24-16-8)60(48-36-28-20-12-4)59(47-35-27-19-11-3)63(51-39-31-23-15-7)71(72)77(85-78)84-76(70)83-75/h41-44,53-56,89H,9-40,45-52H2,1-8H3,(H,81,82,83,84,85,86,87). The van der Waals surface area contributed by atoms with E-state index in [0.29, 0.717) is 17.3 Å². The van der Waals surface area contributed by atoms with Gasteiger partial charge in [-0.2, -0.15) is 0 Å². The van der Waals surface area contributed by atoms with E-state index >= 15 is 0 Å². The van der Waals surface area contributed by atoms with Crippen molar-refractivity contribution in [1.82, 2.24) is 38.9 Å². The van der Waals surface area contributed by atoms with E-state index in [1.165, 1.54) is 224 Å². The second-order valence-corrected chi connectivity index (χ2v) is 27.1. The van der Waals surface area contributed by atoms with E-state index in [9.17, 15) is 0 Å². The molecule has 9 heteroatoms. The molecule has 8 nitrogen and oxygen atoms in total. The number of H-pyrrole nitrogens is 1. The third kappa shape index (κ3) is 16.4. The van der Waals surface area contributed by atoms with Crippen LogP contribution in [-0.4, -0.2) is 38.9 Å². The molecule has 0 radical (unpaired) electrons. The fraction of sp³-hybridized carbons (Fsp3) is 0.600. The number of fused-ring (bicyclic) bond motifs is 20. The van der Waals surface area contributed by atoms with Crippen LogP contribution in [0.25, 0.3) is 89.7 Å². The van der Waals surface area contributed by atoms with Crippen molar-refractivity contribution in [3.05, 3.63) is 93.0 Å². The Labute approximate surface area is 543 Å². The highest BCUT2D eigenvalue weighted by molar-refractivity contribution is 7.79. The largest absolute Gasteiger partial charge is 0.324 e. The highest BCUT2D eigenvalue weighted by Gasteiger charge is 2.33. The Morgan fingerprint density at radius 3 is 0.921 bits per heavy atom. The van der Waals surface area contributed by atoms with Crippen molar-refractivity contribution in [3.8, 4) is 45.6 Å². The first-order chi connectivity index (χ1) is 43.8. The second kappa shape index (κ2) is 35.4. The van der Waals surface area contributed by atoms with Crippen LogP contribution in [0.1, 0.15) is 305 Å². The highest BCUT2D eigenvalue weighted by atomic mass is 32.1. The molecule has 480 valence electrons. The average molecular weight is 1220 g/mol. The molecule has 5 heterocycles. The van der Waals surface area contributed by atoms with Gasteiger partial charge in [0.2, 0.25) is 0 Å². The average Bonchev–Trinajstić information content (AvgIpc) is 1.63. The Morgan fingerprint density at radius 2 is 0.562 bits per heavy atom. The lowest BCUT2D eigenvalue weighted by atomic mass is 9.79. The number of aryl methyl sites for hydroxylation is 2. The molecule has 89 heavy (non-hydrogen) atoms. The van der Waals surface area contributed by atoms with Gasteiger partial charge in [0.1, 0.15) is 11.3 Å². The maximum absolute atomic E-state index is 6.27. The first kappa shape index (κ1) is 68.0. The fourth-order valence-corrected chi connectivity index (χ4v) is 15.3. The van der Waals surface area contributed by atoms with Gasteiger partial charge in [-0.15, -0.1) is 0 Å². The molecule has 0 spiro atoms. The molecular formula is C80H114N8S. The number of thiol groups is 1. The number of aromatic amines is 1. The summed E-state index contributed by atoms with van der Waals surface area (Å²) >= 11 is 5.43. The predicted octanol–water partition coefficient (Wildman–Crippen LogP) is 24.0. The molecule has 0 saturated heterocycles. The Morgan fingerprint density at radius 1 is 0.292 bits per heavy atom. The molecular weight excluding hydrogens is 1110 g/mol. The minimum absolute atomic E-state index is 0.639. The SMILES string of the molecule is CCCCCCc1c(CCCCCC)c(CCCCCC)c2c(c1CCCCCC)-c1nc-2nc2c3ccccc3c(nc3nc(nc4[nH]c(n1)c1c(CCCCCC)c(CCCCCC)c(CCCCCC)c(CCCCCC)c41)-c1ccccc1-3)n2S. The number of benzene rings is 4. The Hall–Kier alpha value is -5.41. The van der Waals surface area contributed by atoms with Crippen molar-refractivity contribution < 1.29 is 0 Å². The Balaban J connectivity index is 1.53. The van der Waals surface area contributed by atoms with Gasteiger partial charge in [0, 0.05) is 43.8 Å². The quantitative estimate of drug-likeness (QED) is 0.0293. The summed E-state index contributed by atoms with van der Waals surface area (Å²) < 4.78 is 1.92. The van der Waals surface area contributed by atoms with E-state index in [1.54, 1.807) is 22.3 Å². The van der Waals surface area contributed by atoms with Crippen LogP contribution < -0.4 is 0 Å². The van der Waals surface area contributed by atoms with Crippen LogP contribution in [0.5, 0.6) is 0 Å². The zero-order chi connectivity index (χ0) is 62.3. The van der Waals surface area contributed by atoms with Gasteiger partial charge in [0.25, 0.3) is 0 Å². The van der Waals surface area contributed by atoms with Crippen LogP contribution >= 0.6 is 12.8 Å². The zero-order valence-corrected chi connectivity index (χ0v) is 57.9. The van der Waals surface area contributed by atoms with Crippen LogP contribution in [0.2, 0.25) is 0 Å². The van der Waals surface area contributed by atoms with Crippen molar-refractivity contribution in [1.29, 1.82) is 0 Å². The van der Waals surface area contributed by atoms with Gasteiger partial charge in [-0.25, -0.2) is 29.9 Å². The third-order valence-corrected chi connectivity index (χ3v) is 20.2. The van der Waals surface area contributed by atoms with Gasteiger partial charge in [0.15, 0.2) is 34.6 Å². The molecule has 0 atom stereocenters. The molecule has 0 saturated carbocycles. The number of aromatic nitrogens is 8. The van der Waals surface area contributed by atoms with E-state index in [1.807, 2.05) is 3.97 Å². The molecule has 8 bridgehead atoms. The predicted molar refractivity (Wildman–Crippen MR) is 387 cm³/mol. The molecule has 0 aliphatic carbocycles. The minimum Gasteiger partial charge on any atom is -0.324 e. The first-order valence-electron chi connectivity index (χ1n) is 37.0. The molecule has 0 amide bonds. The van der Waals surface area contributed by atoms with Crippen LogP contribution in [0.4, 0.5) is 0 Å². The Bertz CT molecular complexity index is 3570. The topological polar surface area (TPSA) is 98.1 Å². The highest BCUT2D eigenvalue weighted by Crippen LogP contribution is 2.47. The van der Waals surface area contributed by atoms with E-state index in [0.717, 1.165) is 128 Å². The molecule has 7 aromatic rings. The van der Waals surface area contributed by atoms with Crippen LogP contribution in [0, 0.1) is 0 Å². The summed E-state index contributed by atoms with van der Waals surface area (Å²) in [4.78, 5) is 39.4. The Kier molecular flexibility index (Phi) is 27.0. The summed E-state index contributed by atoms with van der Waals surface area (Å²) in [5.74, 6) is 2.90. The smallest absolute Gasteiger partial charge is 0.165 e. The molecule has 4 aromatic carbocycles. The van der Waals surface area contributed by atoms with Crippen molar-refractivity contribution in [2.24, 2.45) is 0 Å². The van der Waals surface area contributed by atoms with Gasteiger partial charge >= 0.3 is 0 Å². The lowest BCUT2D eigenvalue weighted by molar-refractivity contribution is 0.632. The summed E-state index contributed by atoms with van der Waals surface area (Å²) in [6.45, 7) is 18.8. The van der Waals surface area contributed by atoms with E-state index in [2.05, 4.69) is 109 Å². The summed E-state index contributed by atoms with van der Waals surface area (Å²) in [5, 5.41) is 4.53. The molecule has 1 N–H and O–H groups in total. The number of nitrogens with zero attached hydrogens (tertiary/aromatic N) is 7. The summed E-state index contributed by atoms with van der Waals surface area (Å²) in [7, 11) is 0. The van der Waals surface area contributed by atoms with Gasteiger partial charge < -0.3 is 4.98 Å². The number of hydrogen-bond acceptors (Lipinski definition) is 7. The lowest BCUT2D eigenvalue weighted by Gasteiger charge is -2.24. The third-order valence-electron chi connectivity index (χ3n) is 19.8. The number of hydrogen-bond donors (Lipinski definition) is 2. The van der Waals surface area contributed by atoms with Crippen molar-refractivity contribution in [2.75, 3.05) is 0 Å². The first-order valence-corrected chi connectivity index (χ1v) is 37.4. The van der Waals surface area contributed by atoms with Crippen LogP contribution in [0.15, 0.2) is 48.5 Å². The summed E-state index contributed by atoms with van der Waals surface area (Å²) in [6, 6.07) is 17.2. The van der Waals surface area contributed by atoms with Crippen molar-refractivity contribution in [2.45, 2.75) is 312 Å². The fourth-order valence-electron chi connectivity index (χ4n) is 15.0. The molecule has 2 aliphatic rings. The number of unbranched alkanes of at least 4 members (excludes halogenated alkanes) is 24. The van der Waals surface area contributed by atoms with Crippen molar-refractivity contribution in [3.63, 3.8) is 0 Å². The number of rotatable bonds is 40. The molecule has 2 aliphatic heterocycles. The maximum atomic E-state index is 6.27. The van der Waals surface area contributed by atoms with E-state index in [4.69, 9.17) is 42.7 Å². The monoisotopic (exact) mass is 1220 g/mol. The molecule has 0 unspecified atom stereocenters. The second-order valence-electron chi connectivity index (χ2n) is 26.7. The van der Waals surface area contributed by atoms with Crippen LogP contribution in [0.3, 0.4) is 0 Å². The molecule has 9 rings (SSSR count). The van der Waals surface area contributed by atoms with Gasteiger partial charge in [-0.05, 0) is 147 Å². The summed E-state index contributed by atoms with van der Waals surface area (Å²) in [5.41, 5.74) is 20.1. The van der Waals surface area contributed by atoms with Gasteiger partial charge in [-0.1, -0.05) is 271 Å². The van der Waals surface area contributed by atoms with Crippen LogP contribution in [-0.2, 0) is 51.4 Å².